The minimum Gasteiger partial charge on any atom is -0.508 e. The van der Waals surface area contributed by atoms with Crippen LogP contribution in [0.5, 0.6) is 17.2 Å². The van der Waals surface area contributed by atoms with Crippen LogP contribution in [-0.2, 0) is 10.1 Å². The van der Waals surface area contributed by atoms with E-state index in [4.69, 9.17) is 9.47 Å². The van der Waals surface area contributed by atoms with Gasteiger partial charge in [0.25, 0.3) is 10.1 Å². The number of hydrogen-bond acceptors (Lipinski definition) is 7. The van der Waals surface area contributed by atoms with Crippen LogP contribution in [0.1, 0.15) is 28.5 Å². The van der Waals surface area contributed by atoms with E-state index in [2.05, 4.69) is 4.90 Å². The zero-order valence-electron chi connectivity index (χ0n) is 21.9. The summed E-state index contributed by atoms with van der Waals surface area (Å²) in [6, 6.07) is 16.6. The summed E-state index contributed by atoms with van der Waals surface area (Å²) in [4.78, 5) is 2.83. The van der Waals surface area contributed by atoms with E-state index in [1.54, 1.807) is 24.3 Å². The van der Waals surface area contributed by atoms with E-state index in [-0.39, 0.29) is 24.1 Å². The van der Waals surface area contributed by atoms with Gasteiger partial charge in [-0.2, -0.15) is 8.42 Å². The Balaban J connectivity index is 1.50. The van der Waals surface area contributed by atoms with E-state index in [0.717, 1.165) is 24.2 Å². The zero-order chi connectivity index (χ0) is 28.4. The molecule has 0 aliphatic carbocycles. The summed E-state index contributed by atoms with van der Waals surface area (Å²) in [5.41, 5.74) is 2.32. The van der Waals surface area contributed by atoms with Gasteiger partial charge < -0.3 is 14.6 Å². The van der Waals surface area contributed by atoms with Crippen molar-refractivity contribution in [2.24, 2.45) is 5.92 Å². The minimum atomic E-state index is -4.38. The highest BCUT2D eigenvalue weighted by atomic mass is 32.2. The first-order valence-corrected chi connectivity index (χ1v) is 15.4. The van der Waals surface area contributed by atoms with Gasteiger partial charge in [-0.05, 0) is 47.0 Å². The van der Waals surface area contributed by atoms with Crippen molar-refractivity contribution in [3.8, 4) is 17.2 Å². The van der Waals surface area contributed by atoms with Crippen LogP contribution in [0.15, 0.2) is 65.6 Å². The molecule has 214 valence electrons. The SMILES string of the molecule is COc1cc(F)ccc1C1C(CS(=O)(=O)O)Sc2cc(O)ccc2C1c1ccc(OCCN2CC(CF)C2)cc1. The lowest BCUT2D eigenvalue weighted by molar-refractivity contribution is 0.0668. The average Bonchev–Trinajstić information content (AvgIpc) is 2.89. The molecule has 40 heavy (non-hydrogen) atoms. The van der Waals surface area contributed by atoms with Gasteiger partial charge in [-0.15, -0.1) is 11.8 Å². The molecule has 5 rings (SSSR count). The molecular weight excluding hydrogens is 560 g/mol. The number of rotatable bonds is 10. The second-order valence-electron chi connectivity index (χ2n) is 10.2. The van der Waals surface area contributed by atoms with Gasteiger partial charge in [-0.25, -0.2) is 4.39 Å². The third-order valence-electron chi connectivity index (χ3n) is 7.47. The maximum Gasteiger partial charge on any atom is 0.265 e. The molecule has 3 aromatic carbocycles. The monoisotopic (exact) mass is 591 g/mol. The molecule has 3 unspecified atom stereocenters. The van der Waals surface area contributed by atoms with Crippen LogP contribution in [0.3, 0.4) is 0 Å². The lowest BCUT2D eigenvalue weighted by atomic mass is 9.75. The Morgan fingerprint density at radius 2 is 1.77 bits per heavy atom. The molecule has 0 amide bonds. The van der Waals surface area contributed by atoms with Crippen LogP contribution in [0.4, 0.5) is 8.78 Å². The predicted octanol–water partition coefficient (Wildman–Crippen LogP) is 5.10. The van der Waals surface area contributed by atoms with E-state index in [1.807, 2.05) is 24.3 Å². The van der Waals surface area contributed by atoms with Crippen LogP contribution in [-0.4, -0.2) is 74.0 Å². The molecule has 1 saturated heterocycles. The second-order valence-corrected chi connectivity index (χ2v) is 13.0. The number of benzene rings is 3. The molecule has 7 nitrogen and oxygen atoms in total. The molecule has 11 heteroatoms. The van der Waals surface area contributed by atoms with E-state index < -0.39 is 38.8 Å². The number of phenolic OH excluding ortho intramolecular Hbond substituents is 1. The Kier molecular flexibility index (Phi) is 8.55. The molecule has 0 saturated carbocycles. The number of ether oxygens (including phenoxy) is 2. The first-order chi connectivity index (χ1) is 19.1. The molecule has 0 spiro atoms. The van der Waals surface area contributed by atoms with Gasteiger partial charge in [-0.1, -0.05) is 24.3 Å². The quantitative estimate of drug-likeness (QED) is 0.315. The van der Waals surface area contributed by atoms with E-state index in [9.17, 15) is 26.9 Å². The predicted molar refractivity (Wildman–Crippen MR) is 150 cm³/mol. The summed E-state index contributed by atoms with van der Waals surface area (Å²) >= 11 is 1.25. The van der Waals surface area contributed by atoms with Crippen LogP contribution in [0, 0.1) is 11.7 Å². The summed E-state index contributed by atoms with van der Waals surface area (Å²) < 4.78 is 72.3. The van der Waals surface area contributed by atoms with Gasteiger partial charge in [0, 0.05) is 53.6 Å². The summed E-state index contributed by atoms with van der Waals surface area (Å²) in [5.74, 6) is -0.872. The van der Waals surface area contributed by atoms with Gasteiger partial charge >= 0.3 is 0 Å². The van der Waals surface area contributed by atoms with Gasteiger partial charge in [-0.3, -0.25) is 13.8 Å². The molecule has 2 N–H and O–H groups in total. The molecule has 2 aliphatic rings. The fourth-order valence-electron chi connectivity index (χ4n) is 5.62. The van der Waals surface area contributed by atoms with Crippen molar-refractivity contribution in [3.05, 3.63) is 83.2 Å². The van der Waals surface area contributed by atoms with Crippen molar-refractivity contribution in [2.75, 3.05) is 45.8 Å². The van der Waals surface area contributed by atoms with Gasteiger partial charge in [0.1, 0.15) is 29.7 Å². The van der Waals surface area contributed by atoms with Crippen molar-refractivity contribution < 1.29 is 36.3 Å². The lowest BCUT2D eigenvalue weighted by Crippen LogP contribution is -2.49. The van der Waals surface area contributed by atoms with Crippen molar-refractivity contribution in [3.63, 3.8) is 0 Å². The average molecular weight is 592 g/mol. The summed E-state index contributed by atoms with van der Waals surface area (Å²) in [6.45, 7) is 2.36. The van der Waals surface area contributed by atoms with Gasteiger partial charge in [0.2, 0.25) is 0 Å². The normalized spacial score (nSPS) is 21.4. The van der Waals surface area contributed by atoms with Crippen molar-refractivity contribution in [1.82, 2.24) is 4.90 Å². The van der Waals surface area contributed by atoms with Crippen LogP contribution in [0.25, 0.3) is 0 Å². The van der Waals surface area contributed by atoms with Crippen LogP contribution in [0.2, 0.25) is 0 Å². The standard InChI is InChI=1S/C29H31F2NO6S2/c1-37-25-12-20(31)4-8-23(25)29-27(17-40(34,35)36)39-26-13-21(33)5-9-24(26)28(29)19-2-6-22(7-3-19)38-11-10-32-15-18(14-30)16-32/h2-9,12-13,18,27-29,33H,10-11,14-17H2,1H3,(H,34,35,36). The van der Waals surface area contributed by atoms with E-state index in [1.165, 1.54) is 31.0 Å². The number of thioether (sulfide) groups is 1. The number of hydrogen-bond donors (Lipinski definition) is 2. The molecule has 0 bridgehead atoms. The molecule has 0 radical (unpaired) electrons. The highest BCUT2D eigenvalue weighted by Gasteiger charge is 2.42. The number of phenols is 1. The molecule has 3 aromatic rings. The number of likely N-dealkylation sites (tertiary alicyclic amines) is 1. The molecular formula is C29H31F2NO6S2. The smallest absolute Gasteiger partial charge is 0.265 e. The highest BCUT2D eigenvalue weighted by molar-refractivity contribution is 8.01. The van der Waals surface area contributed by atoms with Crippen molar-refractivity contribution in [2.45, 2.75) is 22.0 Å². The highest BCUT2D eigenvalue weighted by Crippen LogP contribution is 2.55. The minimum absolute atomic E-state index is 0.0391. The first-order valence-electron chi connectivity index (χ1n) is 12.9. The van der Waals surface area contributed by atoms with Gasteiger partial charge in [0.05, 0.1) is 19.5 Å². The Morgan fingerprint density at radius 3 is 2.45 bits per heavy atom. The Hall–Kier alpha value is -2.86. The Labute approximate surface area is 236 Å². The van der Waals surface area contributed by atoms with Gasteiger partial charge in [0.15, 0.2) is 0 Å². The van der Waals surface area contributed by atoms with Crippen molar-refractivity contribution in [1.29, 1.82) is 0 Å². The largest absolute Gasteiger partial charge is 0.508 e. The Morgan fingerprint density at radius 1 is 1.05 bits per heavy atom. The summed E-state index contributed by atoms with van der Waals surface area (Å²) in [5, 5.41) is 9.51. The number of halogens is 2. The molecule has 3 atom stereocenters. The topological polar surface area (TPSA) is 96.3 Å². The zero-order valence-corrected chi connectivity index (χ0v) is 23.5. The van der Waals surface area contributed by atoms with E-state index >= 15 is 0 Å². The number of alkyl halides is 1. The molecule has 0 aromatic heterocycles. The summed E-state index contributed by atoms with van der Waals surface area (Å²) in [6.07, 6.45) is 0. The fourth-order valence-corrected chi connectivity index (χ4v) is 8.33. The molecule has 2 heterocycles. The van der Waals surface area contributed by atoms with E-state index in [0.29, 0.717) is 29.4 Å². The summed E-state index contributed by atoms with van der Waals surface area (Å²) in [7, 11) is -2.95. The molecule has 1 fully saturated rings. The first kappa shape index (κ1) is 28.7. The maximum atomic E-state index is 14.2. The Bertz CT molecular complexity index is 1450. The number of nitrogens with zero attached hydrogens (tertiary/aromatic N) is 1. The second kappa shape index (κ2) is 11.9. The number of methoxy groups -OCH3 is 1. The number of aromatic hydroxyl groups is 1. The van der Waals surface area contributed by atoms with Crippen LogP contribution >= 0.6 is 11.8 Å². The van der Waals surface area contributed by atoms with Crippen LogP contribution < -0.4 is 9.47 Å². The number of fused-ring (bicyclic) bond motifs is 1. The maximum absolute atomic E-state index is 14.2. The third-order valence-corrected chi connectivity index (χ3v) is 9.83. The van der Waals surface area contributed by atoms with Crippen molar-refractivity contribution >= 4 is 21.9 Å². The fraction of sp³-hybridized carbons (Fsp3) is 0.379. The molecule has 2 aliphatic heterocycles. The lowest BCUT2D eigenvalue weighted by Gasteiger charge is -2.40. The third kappa shape index (κ3) is 6.38.